The van der Waals surface area contributed by atoms with Crippen LogP contribution in [0.4, 0.5) is 5.69 Å². The van der Waals surface area contributed by atoms with Crippen LogP contribution >= 0.6 is 0 Å². The van der Waals surface area contributed by atoms with Crippen LogP contribution in [-0.4, -0.2) is 27.9 Å². The first-order chi connectivity index (χ1) is 20.0. The third-order valence-electron chi connectivity index (χ3n) is 9.32. The molecule has 3 nitrogen and oxygen atoms in total. The third-order valence-corrected chi connectivity index (χ3v) is 9.32. The summed E-state index contributed by atoms with van der Waals surface area (Å²) in [4.78, 5) is 11.5. The molecule has 0 bridgehead atoms. The van der Waals surface area contributed by atoms with Crippen molar-refractivity contribution in [2.24, 2.45) is 5.92 Å². The number of carbonyl (C=O) groups is 1. The minimum absolute atomic E-state index is 0.280. The first kappa shape index (κ1) is 27.2. The normalized spacial score (nSPS) is 19.0. The van der Waals surface area contributed by atoms with E-state index in [1.54, 1.807) is 12.1 Å². The van der Waals surface area contributed by atoms with Crippen molar-refractivity contribution in [3.63, 3.8) is 0 Å². The van der Waals surface area contributed by atoms with E-state index in [0.717, 1.165) is 24.4 Å². The lowest BCUT2D eigenvalue weighted by Crippen LogP contribution is -2.34. The zero-order valence-corrected chi connectivity index (χ0v) is 24.1. The fourth-order valence-electron chi connectivity index (χ4n) is 7.23. The lowest BCUT2D eigenvalue weighted by molar-refractivity contribution is -0.438. The van der Waals surface area contributed by atoms with E-state index in [0.29, 0.717) is 5.56 Å². The Balaban J connectivity index is 1.44. The molecule has 1 saturated carbocycles. The number of carboxylic acids is 1. The maximum atomic E-state index is 11.5. The molecule has 6 rings (SSSR count). The second-order valence-electron chi connectivity index (χ2n) is 12.1. The van der Waals surface area contributed by atoms with Gasteiger partial charge in [0.1, 0.15) is 6.54 Å². The smallest absolute Gasteiger partial charge is 0.335 e. The van der Waals surface area contributed by atoms with Crippen LogP contribution in [0, 0.1) is 5.92 Å². The number of fused-ring (bicyclic) bond motifs is 3. The predicted molar refractivity (Wildman–Crippen MR) is 169 cm³/mol. The van der Waals surface area contributed by atoms with Gasteiger partial charge in [-0.05, 0) is 71.9 Å². The first-order valence-electron chi connectivity index (χ1n) is 15.3. The van der Waals surface area contributed by atoms with E-state index >= 15 is 0 Å². The largest absolute Gasteiger partial charge is 0.478 e. The van der Waals surface area contributed by atoms with Crippen molar-refractivity contribution in [3.05, 3.63) is 119 Å². The maximum Gasteiger partial charge on any atom is 0.335 e. The van der Waals surface area contributed by atoms with Gasteiger partial charge < -0.3 is 5.11 Å². The van der Waals surface area contributed by atoms with E-state index in [4.69, 9.17) is 0 Å². The number of rotatable bonds is 10. The summed E-state index contributed by atoms with van der Waals surface area (Å²) in [5, 5.41) is 12.0. The molecule has 0 saturated heterocycles. The Morgan fingerprint density at radius 1 is 0.878 bits per heavy atom. The minimum Gasteiger partial charge on any atom is -0.478 e. The van der Waals surface area contributed by atoms with Crippen LogP contribution in [0.5, 0.6) is 0 Å². The predicted octanol–water partition coefficient (Wildman–Crippen LogP) is 9.21. The zero-order chi connectivity index (χ0) is 28.2. The lowest BCUT2D eigenvalue weighted by atomic mass is 9.73. The molecule has 4 aromatic rings. The maximum absolute atomic E-state index is 11.5. The summed E-state index contributed by atoms with van der Waals surface area (Å²) in [6.07, 6.45) is 14.8. The van der Waals surface area contributed by atoms with Gasteiger partial charge in [0.15, 0.2) is 5.71 Å². The van der Waals surface area contributed by atoms with Gasteiger partial charge in [0.25, 0.3) is 0 Å². The molecule has 1 aliphatic carbocycles. The highest BCUT2D eigenvalue weighted by atomic mass is 16.4. The fraction of sp³-hybridized carbons (Fsp3) is 0.316. The van der Waals surface area contributed by atoms with Gasteiger partial charge in [-0.1, -0.05) is 98.8 Å². The van der Waals surface area contributed by atoms with E-state index in [9.17, 15) is 9.90 Å². The fourth-order valence-corrected chi connectivity index (χ4v) is 7.23. The van der Waals surface area contributed by atoms with Crippen molar-refractivity contribution in [3.8, 4) is 0 Å². The van der Waals surface area contributed by atoms with E-state index in [1.807, 2.05) is 12.1 Å². The van der Waals surface area contributed by atoms with Gasteiger partial charge in [0.2, 0.25) is 5.69 Å². The summed E-state index contributed by atoms with van der Waals surface area (Å²) in [5.74, 6) is 0.0343. The number of unbranched alkanes of at least 4 members (excludes halogenated alkanes) is 1. The second-order valence-corrected chi connectivity index (χ2v) is 12.1. The number of benzene rings is 4. The molecule has 0 spiro atoms. The van der Waals surface area contributed by atoms with Gasteiger partial charge in [0, 0.05) is 24.1 Å². The Hall–Kier alpha value is -3.98. The Labute approximate surface area is 243 Å². The number of allylic oxidation sites excluding steroid dienone is 1. The van der Waals surface area contributed by atoms with E-state index in [2.05, 4.69) is 90.4 Å². The quantitative estimate of drug-likeness (QED) is 0.160. The standard InChI is InChI=1S/C38H39NO2/c1-38(27-30-18-21-32(22-19-30)37(40)41)35(25-20-29-11-3-2-4-12-29)39(26-10-9-15-28-13-5-6-14-28)34-24-23-31-16-7-8-17-33(31)36(34)38/h2-4,7-8,11-12,16-25,28H,5-6,9-10,13-15,26-27H2,1H3/p+1/b25-20+. The lowest BCUT2D eigenvalue weighted by Gasteiger charge is -2.24. The van der Waals surface area contributed by atoms with Crippen LogP contribution in [0.25, 0.3) is 16.8 Å². The molecule has 1 aliphatic heterocycles. The summed E-state index contributed by atoms with van der Waals surface area (Å²) in [6, 6.07) is 31.3. The minimum atomic E-state index is -0.887. The average molecular weight is 543 g/mol. The Morgan fingerprint density at radius 3 is 2.37 bits per heavy atom. The summed E-state index contributed by atoms with van der Waals surface area (Å²) in [7, 11) is 0. The molecule has 1 atom stereocenters. The van der Waals surface area contributed by atoms with Crippen molar-refractivity contribution < 1.29 is 14.5 Å². The molecule has 4 aromatic carbocycles. The van der Waals surface area contributed by atoms with Crippen molar-refractivity contribution in [1.29, 1.82) is 0 Å². The number of aromatic carboxylic acids is 1. The molecular weight excluding hydrogens is 502 g/mol. The van der Waals surface area contributed by atoms with Crippen LogP contribution in [0.3, 0.4) is 0 Å². The molecule has 41 heavy (non-hydrogen) atoms. The number of nitrogens with zero attached hydrogens (tertiary/aromatic N) is 1. The Morgan fingerprint density at radius 2 is 1.61 bits per heavy atom. The molecule has 0 radical (unpaired) electrons. The van der Waals surface area contributed by atoms with Crippen molar-refractivity contribution in [2.45, 2.75) is 63.7 Å². The van der Waals surface area contributed by atoms with Crippen LogP contribution < -0.4 is 0 Å². The molecule has 1 fully saturated rings. The Kier molecular flexibility index (Phi) is 7.87. The SMILES string of the molecule is CC1(Cc2ccc(C(=O)O)cc2)C(/C=C/c2ccccc2)=[N+](CCCCC2CCCC2)c2ccc3ccccc3c21. The Bertz CT molecular complexity index is 1590. The van der Waals surface area contributed by atoms with Gasteiger partial charge in [-0.2, -0.15) is 4.58 Å². The topological polar surface area (TPSA) is 40.3 Å². The average Bonchev–Trinajstić information content (AvgIpc) is 3.59. The first-order valence-corrected chi connectivity index (χ1v) is 15.3. The molecule has 2 aliphatic rings. The summed E-state index contributed by atoms with van der Waals surface area (Å²) in [6.45, 7) is 3.38. The number of carboxylic acid groups (broad SMARTS) is 1. The zero-order valence-electron chi connectivity index (χ0n) is 24.1. The van der Waals surface area contributed by atoms with Crippen LogP contribution in [0.15, 0.2) is 97.1 Å². The van der Waals surface area contributed by atoms with E-state index < -0.39 is 5.97 Å². The monoisotopic (exact) mass is 542 g/mol. The highest BCUT2D eigenvalue weighted by Gasteiger charge is 2.48. The molecule has 1 unspecified atom stereocenters. The highest BCUT2D eigenvalue weighted by Crippen LogP contribution is 2.46. The highest BCUT2D eigenvalue weighted by molar-refractivity contribution is 6.09. The molecule has 0 amide bonds. The van der Waals surface area contributed by atoms with Crippen LogP contribution in [-0.2, 0) is 11.8 Å². The molecule has 1 heterocycles. The van der Waals surface area contributed by atoms with E-state index in [1.165, 1.54) is 78.2 Å². The summed E-state index contributed by atoms with van der Waals surface area (Å²) < 4.78 is 2.58. The third kappa shape index (κ3) is 5.63. The molecule has 1 N–H and O–H groups in total. The number of hydrogen-bond donors (Lipinski definition) is 1. The van der Waals surface area contributed by atoms with Crippen LogP contribution in [0.2, 0.25) is 0 Å². The van der Waals surface area contributed by atoms with Crippen molar-refractivity contribution in [1.82, 2.24) is 0 Å². The van der Waals surface area contributed by atoms with Gasteiger partial charge in [-0.3, -0.25) is 0 Å². The van der Waals surface area contributed by atoms with Crippen molar-refractivity contribution >= 4 is 34.2 Å². The molecule has 0 aromatic heterocycles. The van der Waals surface area contributed by atoms with Gasteiger partial charge in [-0.15, -0.1) is 0 Å². The van der Waals surface area contributed by atoms with E-state index in [-0.39, 0.29) is 5.41 Å². The molecular formula is C38H40NO2+. The second kappa shape index (κ2) is 11.9. The molecule has 208 valence electrons. The van der Waals surface area contributed by atoms with Gasteiger partial charge >= 0.3 is 5.97 Å². The van der Waals surface area contributed by atoms with Gasteiger partial charge in [0.05, 0.1) is 11.0 Å². The summed E-state index contributed by atoms with van der Waals surface area (Å²) in [5.41, 5.74) is 6.38. The van der Waals surface area contributed by atoms with Crippen molar-refractivity contribution in [2.75, 3.05) is 6.54 Å². The molecule has 3 heteroatoms. The summed E-state index contributed by atoms with van der Waals surface area (Å²) >= 11 is 0. The van der Waals surface area contributed by atoms with Gasteiger partial charge in [-0.25, -0.2) is 4.79 Å². The van der Waals surface area contributed by atoms with Crippen LogP contribution in [0.1, 0.15) is 78.9 Å². The number of hydrogen-bond acceptors (Lipinski definition) is 1.